The topological polar surface area (TPSA) is 32.3 Å². The van der Waals surface area contributed by atoms with Crippen molar-refractivity contribution in [2.45, 2.75) is 58.5 Å². The van der Waals surface area contributed by atoms with Gasteiger partial charge in [0, 0.05) is 11.1 Å². The average Bonchev–Trinajstić information content (AvgIpc) is 3.23. The maximum Gasteiger partial charge on any atom is 0.252 e. The molecule has 2 aromatic rings. The molecule has 0 bridgehead atoms. The molecule has 0 aliphatic carbocycles. The molecule has 3 nitrogen and oxygen atoms in total. The molecule has 2 unspecified atom stereocenters. The van der Waals surface area contributed by atoms with Gasteiger partial charge in [-0.2, -0.15) is 0 Å². The van der Waals surface area contributed by atoms with E-state index >= 15 is 0 Å². The first-order valence-electron chi connectivity index (χ1n) is 10.1. The van der Waals surface area contributed by atoms with Crippen LogP contribution in [0.3, 0.4) is 0 Å². The van der Waals surface area contributed by atoms with Crippen molar-refractivity contribution in [3.8, 4) is 0 Å². The summed E-state index contributed by atoms with van der Waals surface area (Å²) in [4.78, 5) is 15.8. The van der Waals surface area contributed by atoms with E-state index in [0.717, 1.165) is 36.2 Å². The monoisotopic (exact) mass is 364 g/mol. The number of aryl methyl sites for hydroxylation is 2. The van der Waals surface area contributed by atoms with Crippen LogP contribution in [0.25, 0.3) is 0 Å². The molecule has 1 N–H and O–H groups in total. The fourth-order valence-corrected chi connectivity index (χ4v) is 4.27. The van der Waals surface area contributed by atoms with E-state index in [2.05, 4.69) is 54.4 Å². The zero-order valence-corrected chi connectivity index (χ0v) is 17.1. The Kier molecular flexibility index (Phi) is 6.01. The summed E-state index contributed by atoms with van der Waals surface area (Å²) in [6.07, 6.45) is 3.46. The molecule has 3 rings (SSSR count). The second kappa shape index (κ2) is 8.26. The van der Waals surface area contributed by atoms with Gasteiger partial charge in [-0.1, -0.05) is 55.0 Å². The quantitative estimate of drug-likeness (QED) is 0.779. The first-order valence-corrected chi connectivity index (χ1v) is 10.1. The van der Waals surface area contributed by atoms with Crippen LogP contribution >= 0.6 is 0 Å². The summed E-state index contributed by atoms with van der Waals surface area (Å²) in [5.41, 5.74) is 3.97. The number of nitrogens with one attached hydrogen (secondary N) is 1. The van der Waals surface area contributed by atoms with Gasteiger partial charge in [0.2, 0.25) is 0 Å². The third-order valence-corrected chi connectivity index (χ3v) is 6.21. The molecule has 0 spiro atoms. The van der Waals surface area contributed by atoms with Crippen LogP contribution in [-0.4, -0.2) is 29.4 Å². The summed E-state index contributed by atoms with van der Waals surface area (Å²) >= 11 is 0. The van der Waals surface area contributed by atoms with Crippen molar-refractivity contribution in [2.24, 2.45) is 0 Å². The van der Waals surface area contributed by atoms with E-state index in [1.54, 1.807) is 0 Å². The molecule has 1 aliphatic heterocycles. The van der Waals surface area contributed by atoms with Gasteiger partial charge < -0.3 is 5.32 Å². The van der Waals surface area contributed by atoms with Gasteiger partial charge in [-0.3, -0.25) is 9.69 Å². The standard InChI is InChI=1S/C24H32N2O/c1-5-24(4,26-15-9-10-16-26)22(20-11-7-6-8-12-20)25-23(27)21-17-18(2)13-14-19(21)3/h6-8,11-14,17,22H,5,9-10,15-16H2,1-4H3,(H,25,27). The molecule has 1 amide bonds. The van der Waals surface area contributed by atoms with Gasteiger partial charge in [-0.05, 0) is 70.3 Å². The lowest BCUT2D eigenvalue weighted by Gasteiger charge is -2.45. The summed E-state index contributed by atoms with van der Waals surface area (Å²) in [5, 5.41) is 3.41. The number of likely N-dealkylation sites (tertiary alicyclic amines) is 1. The largest absolute Gasteiger partial charge is 0.343 e. The van der Waals surface area contributed by atoms with Gasteiger partial charge in [0.15, 0.2) is 0 Å². The van der Waals surface area contributed by atoms with Crippen molar-refractivity contribution in [2.75, 3.05) is 13.1 Å². The van der Waals surface area contributed by atoms with Crippen LogP contribution in [0.15, 0.2) is 48.5 Å². The Morgan fingerprint density at radius 2 is 1.78 bits per heavy atom. The molecular formula is C24H32N2O. The summed E-state index contributed by atoms with van der Waals surface area (Å²) in [7, 11) is 0. The Labute approximate surface area is 163 Å². The number of amides is 1. The Balaban J connectivity index is 1.97. The van der Waals surface area contributed by atoms with Crippen LogP contribution in [0.1, 0.15) is 66.2 Å². The molecule has 1 aliphatic rings. The summed E-state index contributed by atoms with van der Waals surface area (Å²) < 4.78 is 0. The van der Waals surface area contributed by atoms with Crippen molar-refractivity contribution in [3.63, 3.8) is 0 Å². The highest BCUT2D eigenvalue weighted by molar-refractivity contribution is 5.96. The van der Waals surface area contributed by atoms with E-state index in [-0.39, 0.29) is 17.5 Å². The van der Waals surface area contributed by atoms with Gasteiger partial charge in [0.25, 0.3) is 5.91 Å². The minimum Gasteiger partial charge on any atom is -0.343 e. The predicted molar refractivity (Wildman–Crippen MR) is 112 cm³/mol. The van der Waals surface area contributed by atoms with E-state index in [4.69, 9.17) is 0 Å². The number of nitrogens with zero attached hydrogens (tertiary/aromatic N) is 1. The van der Waals surface area contributed by atoms with Crippen molar-refractivity contribution in [3.05, 3.63) is 70.8 Å². The zero-order chi connectivity index (χ0) is 19.4. The lowest BCUT2D eigenvalue weighted by atomic mass is 9.82. The summed E-state index contributed by atoms with van der Waals surface area (Å²) in [6.45, 7) is 10.8. The highest BCUT2D eigenvalue weighted by atomic mass is 16.1. The SMILES string of the molecule is CCC(C)(C(NC(=O)c1cc(C)ccc1C)c1ccccc1)N1CCCC1. The molecule has 2 atom stereocenters. The van der Waals surface area contributed by atoms with Gasteiger partial charge in [-0.25, -0.2) is 0 Å². The van der Waals surface area contributed by atoms with Crippen molar-refractivity contribution in [1.82, 2.24) is 10.2 Å². The lowest BCUT2D eigenvalue weighted by Crippen LogP contribution is -2.54. The maximum atomic E-state index is 13.2. The molecule has 1 fully saturated rings. The molecule has 27 heavy (non-hydrogen) atoms. The molecule has 1 saturated heterocycles. The highest BCUT2D eigenvalue weighted by Gasteiger charge is 2.41. The molecule has 144 valence electrons. The number of hydrogen-bond donors (Lipinski definition) is 1. The average molecular weight is 365 g/mol. The van der Waals surface area contributed by atoms with Gasteiger partial charge in [0.05, 0.1) is 6.04 Å². The number of hydrogen-bond acceptors (Lipinski definition) is 2. The van der Waals surface area contributed by atoms with E-state index in [0.29, 0.717) is 0 Å². The van der Waals surface area contributed by atoms with Crippen LogP contribution in [-0.2, 0) is 0 Å². The Hall–Kier alpha value is -2.13. The molecule has 2 aromatic carbocycles. The first kappa shape index (κ1) is 19.6. The van der Waals surface area contributed by atoms with Gasteiger partial charge in [0.1, 0.15) is 0 Å². The number of rotatable bonds is 6. The molecular weight excluding hydrogens is 332 g/mol. The van der Waals surface area contributed by atoms with E-state index in [1.165, 1.54) is 18.4 Å². The summed E-state index contributed by atoms with van der Waals surface area (Å²) in [6, 6.07) is 16.5. The van der Waals surface area contributed by atoms with Crippen molar-refractivity contribution in [1.29, 1.82) is 0 Å². The van der Waals surface area contributed by atoms with Crippen LogP contribution in [0, 0.1) is 13.8 Å². The number of carbonyl (C=O) groups excluding carboxylic acids is 1. The first-order chi connectivity index (χ1) is 13.0. The second-order valence-corrected chi connectivity index (χ2v) is 8.04. The maximum absolute atomic E-state index is 13.2. The molecule has 0 saturated carbocycles. The molecule has 3 heteroatoms. The Morgan fingerprint density at radius 3 is 2.41 bits per heavy atom. The van der Waals surface area contributed by atoms with Gasteiger partial charge in [-0.15, -0.1) is 0 Å². The highest BCUT2D eigenvalue weighted by Crippen LogP contribution is 2.36. The number of benzene rings is 2. The third kappa shape index (κ3) is 4.08. The fraction of sp³-hybridized carbons (Fsp3) is 0.458. The summed E-state index contributed by atoms with van der Waals surface area (Å²) in [5.74, 6) is 0.0175. The normalized spacial score (nSPS) is 18.1. The molecule has 0 aromatic heterocycles. The van der Waals surface area contributed by atoms with E-state index in [1.807, 2.05) is 32.0 Å². The van der Waals surface area contributed by atoms with E-state index in [9.17, 15) is 4.79 Å². The zero-order valence-electron chi connectivity index (χ0n) is 17.1. The van der Waals surface area contributed by atoms with Crippen LogP contribution in [0.2, 0.25) is 0 Å². The predicted octanol–water partition coefficient (Wildman–Crippen LogP) is 5.04. The Bertz CT molecular complexity index is 780. The molecule has 1 heterocycles. The smallest absolute Gasteiger partial charge is 0.252 e. The van der Waals surface area contributed by atoms with Crippen LogP contribution in [0.5, 0.6) is 0 Å². The second-order valence-electron chi connectivity index (χ2n) is 8.04. The van der Waals surface area contributed by atoms with Crippen molar-refractivity contribution < 1.29 is 4.79 Å². The number of carbonyl (C=O) groups is 1. The minimum absolute atomic E-state index is 0.0175. The van der Waals surface area contributed by atoms with Gasteiger partial charge >= 0.3 is 0 Å². The van der Waals surface area contributed by atoms with Crippen molar-refractivity contribution >= 4 is 5.91 Å². The minimum atomic E-state index is -0.106. The fourth-order valence-electron chi connectivity index (χ4n) is 4.27. The third-order valence-electron chi connectivity index (χ3n) is 6.21. The van der Waals surface area contributed by atoms with E-state index < -0.39 is 0 Å². The van der Waals surface area contributed by atoms with Crippen LogP contribution in [0.4, 0.5) is 0 Å². The lowest BCUT2D eigenvalue weighted by molar-refractivity contribution is 0.0685. The Morgan fingerprint density at radius 1 is 1.11 bits per heavy atom. The molecule has 0 radical (unpaired) electrons. The van der Waals surface area contributed by atoms with Crippen LogP contribution < -0.4 is 5.32 Å².